The number of nitriles is 1. The minimum absolute atomic E-state index is 0.136. The van der Waals surface area contributed by atoms with Crippen molar-refractivity contribution < 1.29 is 19.4 Å². The van der Waals surface area contributed by atoms with Gasteiger partial charge >= 0.3 is 5.97 Å². The Morgan fingerprint density at radius 1 is 1.34 bits per heavy atom. The first-order valence-electron chi connectivity index (χ1n) is 11.6. The van der Waals surface area contributed by atoms with E-state index in [9.17, 15) is 14.7 Å². The van der Waals surface area contributed by atoms with Crippen LogP contribution in [-0.2, 0) is 17.9 Å². The summed E-state index contributed by atoms with van der Waals surface area (Å²) in [6.45, 7) is 13.2. The Labute approximate surface area is 206 Å². The van der Waals surface area contributed by atoms with Gasteiger partial charge in [0.2, 0.25) is 0 Å². The molecule has 0 bridgehead atoms. The van der Waals surface area contributed by atoms with Gasteiger partial charge in [0.05, 0.1) is 30.5 Å². The molecule has 186 valence electrons. The van der Waals surface area contributed by atoms with Gasteiger partial charge in [-0.1, -0.05) is 13.5 Å². The summed E-state index contributed by atoms with van der Waals surface area (Å²) in [4.78, 5) is 24.3. The van der Waals surface area contributed by atoms with Gasteiger partial charge in [-0.05, 0) is 56.9 Å². The molecule has 0 fully saturated rings. The molecule has 0 saturated heterocycles. The third-order valence-corrected chi connectivity index (χ3v) is 6.52. The zero-order valence-electron chi connectivity index (χ0n) is 21.1. The van der Waals surface area contributed by atoms with Crippen molar-refractivity contribution in [2.24, 2.45) is 5.92 Å². The fourth-order valence-electron chi connectivity index (χ4n) is 4.17. The lowest BCUT2D eigenvalue weighted by atomic mass is 9.94. The summed E-state index contributed by atoms with van der Waals surface area (Å²) in [6, 6.07) is 7.50. The SMILES string of the molecule is C=C(COc1cc2c(cc1COC)-c1cc(=O)c(C(=O)O)cn1N(C(C)(C)CC)C2)CC(C)C#N. The Balaban J connectivity index is 2.12. The highest BCUT2D eigenvalue weighted by molar-refractivity contribution is 5.88. The van der Waals surface area contributed by atoms with Crippen molar-refractivity contribution in [1.82, 2.24) is 4.68 Å². The highest BCUT2D eigenvalue weighted by atomic mass is 16.5. The van der Waals surface area contributed by atoms with Crippen LogP contribution in [0.3, 0.4) is 0 Å². The Morgan fingerprint density at radius 2 is 2.06 bits per heavy atom. The molecule has 0 radical (unpaired) electrons. The first kappa shape index (κ1) is 26.0. The van der Waals surface area contributed by atoms with Gasteiger partial charge in [0, 0.05) is 36.4 Å². The molecule has 1 atom stereocenters. The van der Waals surface area contributed by atoms with E-state index >= 15 is 0 Å². The summed E-state index contributed by atoms with van der Waals surface area (Å²) in [5.74, 6) is -0.730. The maximum Gasteiger partial charge on any atom is 0.341 e. The number of carbonyl (C=O) groups is 1. The van der Waals surface area contributed by atoms with E-state index < -0.39 is 11.4 Å². The highest BCUT2D eigenvalue weighted by Crippen LogP contribution is 2.37. The molecule has 35 heavy (non-hydrogen) atoms. The summed E-state index contributed by atoms with van der Waals surface area (Å²) in [7, 11) is 1.60. The molecule has 1 aliphatic heterocycles. The second-order valence-corrected chi connectivity index (χ2v) is 9.63. The number of carboxylic acid groups (broad SMARTS) is 1. The monoisotopic (exact) mass is 479 g/mol. The van der Waals surface area contributed by atoms with Gasteiger partial charge < -0.3 is 19.6 Å². The van der Waals surface area contributed by atoms with Crippen molar-refractivity contribution in [2.75, 3.05) is 18.7 Å². The maximum absolute atomic E-state index is 12.6. The second-order valence-electron chi connectivity index (χ2n) is 9.63. The van der Waals surface area contributed by atoms with Crippen LogP contribution in [0.4, 0.5) is 0 Å². The molecule has 1 aromatic carbocycles. The number of hydrogen-bond acceptors (Lipinski definition) is 6. The minimum atomic E-state index is -1.25. The van der Waals surface area contributed by atoms with Gasteiger partial charge in [0.1, 0.15) is 17.9 Å². The number of hydrogen-bond donors (Lipinski definition) is 1. The first-order valence-corrected chi connectivity index (χ1v) is 11.6. The molecule has 0 aliphatic carbocycles. The third-order valence-electron chi connectivity index (χ3n) is 6.52. The van der Waals surface area contributed by atoms with Gasteiger partial charge in [-0.3, -0.25) is 9.47 Å². The average Bonchev–Trinajstić information content (AvgIpc) is 2.81. The number of ether oxygens (including phenoxy) is 2. The Kier molecular flexibility index (Phi) is 7.71. The van der Waals surface area contributed by atoms with E-state index in [0.29, 0.717) is 31.0 Å². The van der Waals surface area contributed by atoms with Crippen LogP contribution in [0.1, 0.15) is 62.0 Å². The number of pyridine rings is 1. The third kappa shape index (κ3) is 5.41. The van der Waals surface area contributed by atoms with Crippen molar-refractivity contribution >= 4 is 5.97 Å². The van der Waals surface area contributed by atoms with Crippen LogP contribution in [0, 0.1) is 17.2 Å². The number of rotatable bonds is 10. The molecular weight excluding hydrogens is 446 g/mol. The summed E-state index contributed by atoms with van der Waals surface area (Å²) >= 11 is 0. The van der Waals surface area contributed by atoms with Gasteiger partial charge in [0.25, 0.3) is 0 Å². The molecule has 2 aromatic rings. The molecule has 2 heterocycles. The van der Waals surface area contributed by atoms with Crippen molar-refractivity contribution in [3.63, 3.8) is 0 Å². The number of carboxylic acids is 1. The van der Waals surface area contributed by atoms with E-state index in [0.717, 1.165) is 28.7 Å². The molecule has 8 nitrogen and oxygen atoms in total. The van der Waals surface area contributed by atoms with E-state index in [2.05, 4.69) is 38.4 Å². The number of aromatic nitrogens is 1. The number of nitrogens with zero attached hydrogens (tertiary/aromatic N) is 3. The number of aromatic carboxylic acids is 1. The van der Waals surface area contributed by atoms with Gasteiger partial charge in [-0.15, -0.1) is 0 Å². The van der Waals surface area contributed by atoms with E-state index in [1.165, 1.54) is 12.3 Å². The lowest BCUT2D eigenvalue weighted by Crippen LogP contribution is -2.52. The fourth-order valence-corrected chi connectivity index (χ4v) is 4.17. The molecule has 8 heteroatoms. The van der Waals surface area contributed by atoms with Crippen molar-refractivity contribution in [3.8, 4) is 23.1 Å². The number of fused-ring (bicyclic) bond motifs is 3. The van der Waals surface area contributed by atoms with Crippen LogP contribution in [0.2, 0.25) is 0 Å². The van der Waals surface area contributed by atoms with Crippen LogP contribution in [0.25, 0.3) is 11.3 Å². The summed E-state index contributed by atoms with van der Waals surface area (Å²) in [5, 5.41) is 20.7. The van der Waals surface area contributed by atoms with E-state index in [-0.39, 0.29) is 23.6 Å². The molecule has 0 saturated carbocycles. The zero-order chi connectivity index (χ0) is 25.9. The highest BCUT2D eigenvalue weighted by Gasteiger charge is 2.33. The Morgan fingerprint density at radius 3 is 2.66 bits per heavy atom. The van der Waals surface area contributed by atoms with Gasteiger partial charge in [-0.2, -0.15) is 5.26 Å². The zero-order valence-corrected chi connectivity index (χ0v) is 21.1. The fraction of sp³-hybridized carbons (Fsp3) is 0.444. The maximum atomic E-state index is 12.6. The summed E-state index contributed by atoms with van der Waals surface area (Å²) < 4.78 is 13.3. The lowest BCUT2D eigenvalue weighted by Gasteiger charge is -2.45. The van der Waals surface area contributed by atoms with Crippen LogP contribution >= 0.6 is 0 Å². The molecule has 0 amide bonds. The molecule has 3 rings (SSSR count). The lowest BCUT2D eigenvalue weighted by molar-refractivity contribution is 0.0694. The minimum Gasteiger partial charge on any atom is -0.489 e. The smallest absolute Gasteiger partial charge is 0.341 e. The number of methoxy groups -OCH3 is 1. The standard InChI is InChI=1S/C27H33N3O5/c1-7-27(4,5)30-13-19-10-25(35-15-18(3)8-17(2)12-28)20(16-34-6)9-21(19)23-11-24(31)22(26(32)33)14-29(23)30/h9-11,14,17H,3,7-8,13,15-16H2,1-2,4-6H3,(H,32,33). The van der Waals surface area contributed by atoms with E-state index in [4.69, 9.17) is 14.7 Å². The molecule has 1 aliphatic rings. The topological polar surface area (TPSA) is 105 Å². The average molecular weight is 480 g/mol. The van der Waals surface area contributed by atoms with Crippen molar-refractivity contribution in [1.29, 1.82) is 5.26 Å². The molecular formula is C27H33N3O5. The van der Waals surface area contributed by atoms with Gasteiger partial charge in [-0.25, -0.2) is 4.79 Å². The predicted octanol–water partition coefficient (Wildman–Crippen LogP) is 4.48. The van der Waals surface area contributed by atoms with Gasteiger partial charge in [0.15, 0.2) is 5.43 Å². The Hall–Kier alpha value is -3.57. The summed E-state index contributed by atoms with van der Waals surface area (Å²) in [5.41, 5.74) is 2.92. The van der Waals surface area contributed by atoms with Crippen LogP contribution < -0.4 is 15.2 Å². The second kappa shape index (κ2) is 10.4. The first-order chi connectivity index (χ1) is 16.5. The van der Waals surface area contributed by atoms with E-state index in [1.807, 2.05) is 19.1 Å². The number of benzene rings is 1. The van der Waals surface area contributed by atoms with E-state index in [1.54, 1.807) is 11.8 Å². The van der Waals surface area contributed by atoms with Crippen LogP contribution in [-0.4, -0.2) is 35.0 Å². The predicted molar refractivity (Wildman–Crippen MR) is 134 cm³/mol. The van der Waals surface area contributed by atoms with Crippen molar-refractivity contribution in [3.05, 3.63) is 63.5 Å². The van der Waals surface area contributed by atoms with Crippen LogP contribution in [0.15, 0.2) is 41.3 Å². The molecule has 1 aromatic heterocycles. The van der Waals surface area contributed by atoms with Crippen molar-refractivity contribution in [2.45, 2.75) is 59.2 Å². The quantitative estimate of drug-likeness (QED) is 0.501. The Bertz CT molecular complexity index is 1240. The largest absolute Gasteiger partial charge is 0.489 e. The molecule has 1 N–H and O–H groups in total. The molecule has 0 spiro atoms. The summed E-state index contributed by atoms with van der Waals surface area (Å²) in [6.07, 6.45) is 2.78. The normalized spacial score (nSPS) is 13.4. The molecule has 1 unspecified atom stereocenters. The van der Waals surface area contributed by atoms with Crippen LogP contribution in [0.5, 0.6) is 5.75 Å².